The first-order valence-corrected chi connectivity index (χ1v) is 11.7. The molecule has 1 N–H and O–H groups in total. The standard InChI is InChI=1S/C23H22F3N5OS/c1-13-6-7-27-20(19(13)21-28-8-9-33-21)22(32)31-12-14-2-4-17(31)16(10-14)30-18-5-3-15(11-29-18)23(24,25)26/h3,5-9,11,14,16-17H,2,4,10,12H2,1H3,(H,29,30). The van der Waals surface area contributed by atoms with Crippen molar-refractivity contribution in [2.75, 3.05) is 11.9 Å². The highest BCUT2D eigenvalue weighted by Gasteiger charge is 2.44. The molecular weight excluding hydrogens is 451 g/mol. The molecule has 3 aliphatic rings. The number of piperidine rings is 2. The summed E-state index contributed by atoms with van der Waals surface area (Å²) in [7, 11) is 0. The molecule has 33 heavy (non-hydrogen) atoms. The van der Waals surface area contributed by atoms with E-state index >= 15 is 0 Å². The topological polar surface area (TPSA) is 71.0 Å². The Hall–Kier alpha value is -3.01. The number of thiazole rings is 1. The van der Waals surface area contributed by atoms with E-state index in [1.165, 1.54) is 17.4 Å². The molecule has 1 amide bonds. The fourth-order valence-electron chi connectivity index (χ4n) is 4.89. The van der Waals surface area contributed by atoms with Gasteiger partial charge in [0.2, 0.25) is 0 Å². The maximum atomic E-state index is 13.7. The highest BCUT2D eigenvalue weighted by molar-refractivity contribution is 7.13. The van der Waals surface area contributed by atoms with Gasteiger partial charge < -0.3 is 10.2 Å². The minimum atomic E-state index is -4.42. The Bertz CT molecular complexity index is 1150. The lowest BCUT2D eigenvalue weighted by molar-refractivity contribution is -0.137. The Morgan fingerprint density at radius 3 is 2.67 bits per heavy atom. The number of alkyl halides is 3. The van der Waals surface area contributed by atoms with Gasteiger partial charge in [-0.05, 0) is 55.9 Å². The van der Waals surface area contributed by atoms with Crippen LogP contribution in [0, 0.1) is 12.8 Å². The molecule has 3 atom stereocenters. The van der Waals surface area contributed by atoms with Crippen LogP contribution in [0.3, 0.4) is 0 Å². The maximum Gasteiger partial charge on any atom is 0.417 e. The van der Waals surface area contributed by atoms with E-state index in [0.29, 0.717) is 24.0 Å². The van der Waals surface area contributed by atoms with Crippen LogP contribution in [0.25, 0.3) is 10.6 Å². The van der Waals surface area contributed by atoms with Crippen LogP contribution in [0.1, 0.15) is 40.9 Å². The van der Waals surface area contributed by atoms with Gasteiger partial charge in [-0.25, -0.2) is 9.97 Å². The molecule has 3 aromatic rings. The number of anilines is 1. The summed E-state index contributed by atoms with van der Waals surface area (Å²) in [6.07, 6.45) is 2.46. The number of fused-ring (bicyclic) bond motifs is 3. The third-order valence-corrected chi connectivity index (χ3v) is 7.26. The quantitative estimate of drug-likeness (QED) is 0.575. The fraction of sp³-hybridized carbons (Fsp3) is 0.391. The Kier molecular flexibility index (Phi) is 5.55. The van der Waals surface area contributed by atoms with E-state index in [9.17, 15) is 18.0 Å². The lowest BCUT2D eigenvalue weighted by Crippen LogP contribution is -2.60. The number of aromatic nitrogens is 3. The highest BCUT2D eigenvalue weighted by Crippen LogP contribution is 2.39. The molecule has 10 heteroatoms. The van der Waals surface area contributed by atoms with Crippen LogP contribution in [-0.2, 0) is 6.18 Å². The molecule has 1 saturated carbocycles. The number of nitrogens with one attached hydrogen (secondary N) is 1. The number of pyridine rings is 2. The summed E-state index contributed by atoms with van der Waals surface area (Å²) in [5.74, 6) is 0.564. The minimum Gasteiger partial charge on any atom is -0.365 e. The lowest BCUT2D eigenvalue weighted by Gasteiger charge is -2.50. The van der Waals surface area contributed by atoms with E-state index in [1.54, 1.807) is 12.4 Å². The average molecular weight is 474 g/mol. The van der Waals surface area contributed by atoms with E-state index in [0.717, 1.165) is 47.7 Å². The molecule has 1 aliphatic carbocycles. The van der Waals surface area contributed by atoms with E-state index in [4.69, 9.17) is 0 Å². The van der Waals surface area contributed by atoms with Crippen molar-refractivity contribution in [1.29, 1.82) is 0 Å². The molecule has 0 spiro atoms. The van der Waals surface area contributed by atoms with Crippen molar-refractivity contribution in [3.05, 3.63) is 59.0 Å². The molecule has 172 valence electrons. The van der Waals surface area contributed by atoms with Gasteiger partial charge in [0.05, 0.1) is 11.6 Å². The van der Waals surface area contributed by atoms with Crippen LogP contribution in [0.15, 0.2) is 42.2 Å². The Labute approximate surface area is 192 Å². The minimum absolute atomic E-state index is 0.0844. The molecule has 2 aliphatic heterocycles. The number of carbonyl (C=O) groups excluding carboxylic acids is 1. The number of nitrogens with zero attached hydrogens (tertiary/aromatic N) is 4. The first-order chi connectivity index (χ1) is 15.8. The zero-order valence-electron chi connectivity index (χ0n) is 17.8. The highest BCUT2D eigenvalue weighted by atomic mass is 32.1. The molecule has 5 heterocycles. The first-order valence-electron chi connectivity index (χ1n) is 10.8. The molecule has 0 radical (unpaired) electrons. The van der Waals surface area contributed by atoms with Crippen molar-refractivity contribution in [3.63, 3.8) is 0 Å². The zero-order chi connectivity index (χ0) is 23.2. The molecule has 3 unspecified atom stereocenters. The van der Waals surface area contributed by atoms with E-state index < -0.39 is 11.7 Å². The number of amides is 1. The van der Waals surface area contributed by atoms with Crippen molar-refractivity contribution < 1.29 is 18.0 Å². The second kappa shape index (κ2) is 8.40. The van der Waals surface area contributed by atoms with Crippen molar-refractivity contribution in [2.24, 2.45) is 5.92 Å². The number of carbonyl (C=O) groups is 1. The molecule has 6 rings (SSSR count). The molecule has 0 aromatic carbocycles. The largest absolute Gasteiger partial charge is 0.417 e. The Balaban J connectivity index is 1.40. The molecular formula is C23H22F3N5OS. The van der Waals surface area contributed by atoms with Crippen molar-refractivity contribution >= 4 is 23.1 Å². The van der Waals surface area contributed by atoms with Crippen LogP contribution < -0.4 is 5.32 Å². The van der Waals surface area contributed by atoms with Gasteiger partial charge in [0, 0.05) is 42.1 Å². The summed E-state index contributed by atoms with van der Waals surface area (Å²) in [6, 6.07) is 4.07. The van der Waals surface area contributed by atoms with Gasteiger partial charge in [0.15, 0.2) is 0 Å². The van der Waals surface area contributed by atoms with Gasteiger partial charge in [-0.3, -0.25) is 9.78 Å². The summed E-state index contributed by atoms with van der Waals surface area (Å²) in [4.78, 5) is 28.3. The Morgan fingerprint density at radius 1 is 1.15 bits per heavy atom. The van der Waals surface area contributed by atoms with Crippen LogP contribution in [0.4, 0.5) is 19.0 Å². The van der Waals surface area contributed by atoms with Gasteiger partial charge >= 0.3 is 6.18 Å². The van der Waals surface area contributed by atoms with Crippen molar-refractivity contribution in [1.82, 2.24) is 19.9 Å². The molecule has 2 bridgehead atoms. The Morgan fingerprint density at radius 2 is 2.00 bits per heavy atom. The summed E-state index contributed by atoms with van der Waals surface area (Å²) in [6.45, 7) is 2.59. The SMILES string of the molecule is Cc1ccnc(C(=O)N2CC3CCC2C(Nc2ccc(C(F)(F)F)cn2)C3)c1-c1nccs1. The average Bonchev–Trinajstić information content (AvgIpc) is 3.33. The summed E-state index contributed by atoms with van der Waals surface area (Å²) in [5, 5.41) is 5.91. The summed E-state index contributed by atoms with van der Waals surface area (Å²) >= 11 is 1.47. The van der Waals surface area contributed by atoms with E-state index in [2.05, 4.69) is 20.3 Å². The van der Waals surface area contributed by atoms with E-state index in [-0.39, 0.29) is 18.0 Å². The number of hydrogen-bond donors (Lipinski definition) is 1. The number of rotatable bonds is 4. The molecule has 2 saturated heterocycles. The van der Waals surface area contributed by atoms with Crippen molar-refractivity contribution in [2.45, 2.75) is 44.4 Å². The number of halogens is 3. The molecule has 3 fully saturated rings. The third-order valence-electron chi connectivity index (χ3n) is 6.47. The first kappa shape index (κ1) is 21.8. The third kappa shape index (κ3) is 4.19. The van der Waals surface area contributed by atoms with Crippen LogP contribution in [0.5, 0.6) is 0 Å². The van der Waals surface area contributed by atoms with E-state index in [1.807, 2.05) is 23.3 Å². The van der Waals surface area contributed by atoms with Crippen LogP contribution in [-0.4, -0.2) is 44.4 Å². The smallest absolute Gasteiger partial charge is 0.365 e. The summed E-state index contributed by atoms with van der Waals surface area (Å²) < 4.78 is 38.6. The fourth-order valence-corrected chi connectivity index (χ4v) is 5.64. The monoisotopic (exact) mass is 473 g/mol. The lowest BCUT2D eigenvalue weighted by atomic mass is 9.76. The molecule has 3 aromatic heterocycles. The van der Waals surface area contributed by atoms with Crippen molar-refractivity contribution in [3.8, 4) is 10.6 Å². The number of hydrogen-bond acceptors (Lipinski definition) is 6. The predicted molar refractivity (Wildman–Crippen MR) is 119 cm³/mol. The van der Waals surface area contributed by atoms with Crippen LogP contribution >= 0.6 is 11.3 Å². The van der Waals surface area contributed by atoms with Crippen LogP contribution in [0.2, 0.25) is 0 Å². The normalized spacial score (nSPS) is 22.4. The van der Waals surface area contributed by atoms with Gasteiger partial charge in [-0.15, -0.1) is 11.3 Å². The molecule has 6 nitrogen and oxygen atoms in total. The summed E-state index contributed by atoms with van der Waals surface area (Å²) in [5.41, 5.74) is 1.31. The second-order valence-corrected chi connectivity index (χ2v) is 9.47. The maximum absolute atomic E-state index is 13.7. The number of aryl methyl sites for hydroxylation is 1. The van der Waals surface area contributed by atoms with Gasteiger partial charge in [0.25, 0.3) is 5.91 Å². The van der Waals surface area contributed by atoms with Gasteiger partial charge in [0.1, 0.15) is 16.5 Å². The predicted octanol–water partition coefficient (Wildman–Crippen LogP) is 5.03. The van der Waals surface area contributed by atoms with Gasteiger partial charge in [-0.2, -0.15) is 13.2 Å². The second-order valence-electron chi connectivity index (χ2n) is 8.57. The zero-order valence-corrected chi connectivity index (χ0v) is 18.7. The van der Waals surface area contributed by atoms with Gasteiger partial charge in [-0.1, -0.05) is 0 Å².